The summed E-state index contributed by atoms with van der Waals surface area (Å²) in [4.78, 5) is 21.7. The van der Waals surface area contributed by atoms with Crippen molar-refractivity contribution < 1.29 is 26.7 Å². The minimum Gasteiger partial charge on any atom is -0.320 e. The first-order valence-corrected chi connectivity index (χ1v) is 10.7. The SMILES string of the molecule is O=C(Nc1cnc(-n2nccn2)c(Cl)c1)c1cnn(-c2cccc3c(C(F)F)nccc23)c1C(F)(F)F. The van der Waals surface area contributed by atoms with Crippen LogP contribution in [-0.4, -0.2) is 40.6 Å². The van der Waals surface area contributed by atoms with Gasteiger partial charge in [-0.1, -0.05) is 23.7 Å². The fourth-order valence-corrected chi connectivity index (χ4v) is 3.95. The summed E-state index contributed by atoms with van der Waals surface area (Å²) in [6, 6.07) is 6.45. The van der Waals surface area contributed by atoms with E-state index in [1.165, 1.54) is 48.9 Å². The summed E-state index contributed by atoms with van der Waals surface area (Å²) in [5, 5.41) is 13.9. The van der Waals surface area contributed by atoms with Gasteiger partial charge in [-0.3, -0.25) is 9.78 Å². The molecule has 0 saturated carbocycles. The molecule has 0 aliphatic heterocycles. The van der Waals surface area contributed by atoms with Crippen molar-refractivity contribution in [1.29, 1.82) is 0 Å². The fraction of sp³-hybridized carbons (Fsp3) is 0.0909. The monoisotopic (exact) mass is 534 g/mol. The van der Waals surface area contributed by atoms with Crippen LogP contribution >= 0.6 is 11.6 Å². The molecule has 1 aromatic carbocycles. The number of fused-ring (bicyclic) bond motifs is 1. The largest absolute Gasteiger partial charge is 0.434 e. The molecule has 0 spiro atoms. The summed E-state index contributed by atoms with van der Waals surface area (Å²) in [5.41, 5.74) is -2.94. The van der Waals surface area contributed by atoms with E-state index in [0.717, 1.165) is 17.2 Å². The van der Waals surface area contributed by atoms with E-state index in [9.17, 15) is 26.7 Å². The maximum absolute atomic E-state index is 14.2. The number of alkyl halides is 5. The third kappa shape index (κ3) is 4.46. The van der Waals surface area contributed by atoms with Crippen molar-refractivity contribution >= 4 is 34.0 Å². The first-order valence-electron chi connectivity index (χ1n) is 10.3. The third-order valence-corrected chi connectivity index (χ3v) is 5.50. The Labute approximate surface area is 208 Å². The summed E-state index contributed by atoms with van der Waals surface area (Å²) < 4.78 is 69.9. The lowest BCUT2D eigenvalue weighted by Crippen LogP contribution is -2.21. The van der Waals surface area contributed by atoms with Gasteiger partial charge < -0.3 is 5.32 Å². The average molecular weight is 535 g/mol. The second-order valence-corrected chi connectivity index (χ2v) is 7.89. The van der Waals surface area contributed by atoms with Gasteiger partial charge >= 0.3 is 6.18 Å². The first kappa shape index (κ1) is 24.2. The molecule has 1 N–H and O–H groups in total. The molecule has 0 bridgehead atoms. The molecule has 4 aromatic heterocycles. The Balaban J connectivity index is 1.55. The number of pyridine rings is 2. The van der Waals surface area contributed by atoms with Crippen LogP contribution in [-0.2, 0) is 6.18 Å². The van der Waals surface area contributed by atoms with Crippen molar-refractivity contribution in [3.63, 3.8) is 0 Å². The van der Waals surface area contributed by atoms with E-state index in [0.29, 0.717) is 4.68 Å². The van der Waals surface area contributed by atoms with Crippen molar-refractivity contribution in [3.05, 3.63) is 83.3 Å². The maximum Gasteiger partial charge on any atom is 0.434 e. The molecule has 0 aliphatic carbocycles. The Morgan fingerprint density at radius 1 is 0.973 bits per heavy atom. The standard InChI is InChI=1S/C22H12ClF5N8O/c23-15-8-11(9-30-20(15)36-31-6-7-32-36)34-21(37)14-10-33-35(18(14)22(26,27)28)16-3-1-2-13-12(16)4-5-29-17(13)19(24)25/h1-10,19H,(H,34,37). The minimum atomic E-state index is -5.03. The highest BCUT2D eigenvalue weighted by molar-refractivity contribution is 6.32. The van der Waals surface area contributed by atoms with E-state index >= 15 is 0 Å². The summed E-state index contributed by atoms with van der Waals surface area (Å²) in [5.74, 6) is -1.00. The number of anilines is 1. The second kappa shape index (κ2) is 9.20. The highest BCUT2D eigenvalue weighted by atomic mass is 35.5. The van der Waals surface area contributed by atoms with Crippen molar-refractivity contribution in [2.75, 3.05) is 5.32 Å². The van der Waals surface area contributed by atoms with E-state index in [4.69, 9.17) is 11.6 Å². The molecule has 0 saturated heterocycles. The number of hydrogen-bond acceptors (Lipinski definition) is 6. The zero-order chi connectivity index (χ0) is 26.3. The number of carbonyl (C=O) groups is 1. The topological polar surface area (TPSA) is 103 Å². The number of halogens is 6. The number of benzene rings is 1. The molecule has 1 amide bonds. The molecule has 0 radical (unpaired) electrons. The predicted molar refractivity (Wildman–Crippen MR) is 121 cm³/mol. The highest BCUT2D eigenvalue weighted by Gasteiger charge is 2.41. The van der Waals surface area contributed by atoms with Crippen molar-refractivity contribution in [2.45, 2.75) is 12.6 Å². The lowest BCUT2D eigenvalue weighted by molar-refractivity contribution is -0.143. The van der Waals surface area contributed by atoms with Gasteiger partial charge in [0, 0.05) is 17.0 Å². The first-order chi connectivity index (χ1) is 17.6. The van der Waals surface area contributed by atoms with E-state index in [-0.39, 0.29) is 33.0 Å². The minimum absolute atomic E-state index is 0.00425. The van der Waals surface area contributed by atoms with Crippen LogP contribution in [0.3, 0.4) is 0 Å². The van der Waals surface area contributed by atoms with Crippen LogP contribution in [0, 0.1) is 0 Å². The van der Waals surface area contributed by atoms with Gasteiger partial charge in [0.05, 0.1) is 46.7 Å². The van der Waals surface area contributed by atoms with Gasteiger partial charge in [-0.15, -0.1) is 4.80 Å². The average Bonchev–Trinajstić information content (AvgIpc) is 3.54. The Morgan fingerprint density at radius 2 is 1.73 bits per heavy atom. The summed E-state index contributed by atoms with van der Waals surface area (Å²) >= 11 is 6.16. The molecule has 9 nitrogen and oxygen atoms in total. The number of nitrogens with zero attached hydrogens (tertiary/aromatic N) is 7. The number of aromatic nitrogens is 7. The number of carbonyl (C=O) groups excluding carboxylic acids is 1. The van der Waals surface area contributed by atoms with E-state index in [1.807, 2.05) is 0 Å². The molecule has 37 heavy (non-hydrogen) atoms. The van der Waals surface area contributed by atoms with Gasteiger partial charge in [0.1, 0.15) is 5.69 Å². The Bertz CT molecular complexity index is 1620. The lowest BCUT2D eigenvalue weighted by Gasteiger charge is -2.15. The van der Waals surface area contributed by atoms with Crippen LogP contribution in [0.15, 0.2) is 61.3 Å². The fourth-order valence-electron chi connectivity index (χ4n) is 3.71. The molecule has 5 aromatic rings. The van der Waals surface area contributed by atoms with Gasteiger partial charge in [0.15, 0.2) is 11.5 Å². The van der Waals surface area contributed by atoms with Crippen molar-refractivity contribution in [2.24, 2.45) is 0 Å². The van der Waals surface area contributed by atoms with Crippen molar-refractivity contribution in [3.8, 4) is 11.5 Å². The maximum atomic E-state index is 14.2. The summed E-state index contributed by atoms with van der Waals surface area (Å²) in [6.07, 6.45) is -2.22. The lowest BCUT2D eigenvalue weighted by atomic mass is 10.1. The number of hydrogen-bond donors (Lipinski definition) is 1. The Hall–Kier alpha value is -4.46. The van der Waals surface area contributed by atoms with Gasteiger partial charge in [-0.25, -0.2) is 18.4 Å². The van der Waals surface area contributed by atoms with E-state index < -0.39 is 35.5 Å². The number of rotatable bonds is 5. The number of amides is 1. The smallest absolute Gasteiger partial charge is 0.320 e. The zero-order valence-corrected chi connectivity index (χ0v) is 18.9. The van der Waals surface area contributed by atoms with Gasteiger partial charge in [0.2, 0.25) is 0 Å². The van der Waals surface area contributed by atoms with E-state index in [2.05, 4.69) is 30.6 Å². The van der Waals surface area contributed by atoms with Gasteiger partial charge in [-0.2, -0.15) is 28.5 Å². The summed E-state index contributed by atoms with van der Waals surface area (Å²) in [6.45, 7) is 0. The van der Waals surface area contributed by atoms with Gasteiger partial charge in [-0.05, 0) is 18.2 Å². The normalized spacial score (nSPS) is 11.9. The predicted octanol–water partition coefficient (Wildman–Crippen LogP) is 5.26. The second-order valence-electron chi connectivity index (χ2n) is 7.49. The Kier molecular flexibility index (Phi) is 6.03. The van der Waals surface area contributed by atoms with Gasteiger partial charge in [0.25, 0.3) is 12.3 Å². The molecule has 5 rings (SSSR count). The van der Waals surface area contributed by atoms with Crippen LogP contribution < -0.4 is 5.32 Å². The molecule has 0 atom stereocenters. The summed E-state index contributed by atoms with van der Waals surface area (Å²) in [7, 11) is 0. The molecule has 4 heterocycles. The molecular weight excluding hydrogens is 523 g/mol. The quantitative estimate of drug-likeness (QED) is 0.309. The van der Waals surface area contributed by atoms with Crippen LogP contribution in [0.1, 0.15) is 28.2 Å². The van der Waals surface area contributed by atoms with Crippen molar-refractivity contribution in [1.82, 2.24) is 34.7 Å². The molecule has 0 fully saturated rings. The van der Waals surface area contributed by atoms with Crippen LogP contribution in [0.5, 0.6) is 0 Å². The highest BCUT2D eigenvalue weighted by Crippen LogP contribution is 2.36. The molecule has 0 unspecified atom stereocenters. The van der Waals surface area contributed by atoms with Crippen LogP contribution in [0.25, 0.3) is 22.3 Å². The Morgan fingerprint density at radius 3 is 2.41 bits per heavy atom. The van der Waals surface area contributed by atoms with Crippen LogP contribution in [0.4, 0.5) is 27.6 Å². The van der Waals surface area contributed by atoms with Crippen LogP contribution in [0.2, 0.25) is 5.02 Å². The zero-order valence-electron chi connectivity index (χ0n) is 18.2. The molecular formula is C22H12ClF5N8O. The third-order valence-electron chi connectivity index (χ3n) is 5.22. The molecule has 188 valence electrons. The molecule has 15 heteroatoms. The molecule has 0 aliphatic rings. The number of nitrogens with one attached hydrogen (secondary N) is 1. The van der Waals surface area contributed by atoms with E-state index in [1.54, 1.807) is 0 Å².